The van der Waals surface area contributed by atoms with Gasteiger partial charge in [-0.05, 0) is 105 Å². The first-order chi connectivity index (χ1) is 28.5. The van der Waals surface area contributed by atoms with Gasteiger partial charge in [0.2, 0.25) is 0 Å². The number of fused-ring (bicyclic) bond motifs is 2. The van der Waals surface area contributed by atoms with Crippen LogP contribution in [0.2, 0.25) is 0 Å². The highest BCUT2D eigenvalue weighted by molar-refractivity contribution is 7.90. The zero-order valence-corrected chi connectivity index (χ0v) is 35.0. The molecule has 0 spiro atoms. The van der Waals surface area contributed by atoms with Crippen LogP contribution in [-0.4, -0.2) is 111 Å². The monoisotopic (exact) mass is 820 g/mol. The summed E-state index contributed by atoms with van der Waals surface area (Å²) in [5, 5.41) is 5.40. The maximum atomic E-state index is 14.3. The highest BCUT2D eigenvalue weighted by Crippen LogP contribution is 2.40. The Morgan fingerprint density at radius 2 is 1.58 bits per heavy atom. The Balaban J connectivity index is 0.848. The fourth-order valence-corrected chi connectivity index (χ4v) is 9.63. The van der Waals surface area contributed by atoms with Crippen molar-refractivity contribution in [2.24, 2.45) is 13.0 Å². The molecule has 310 valence electrons. The van der Waals surface area contributed by atoms with Crippen molar-refractivity contribution in [1.29, 1.82) is 0 Å². The summed E-state index contributed by atoms with van der Waals surface area (Å²) < 4.78 is 44.6. The number of methoxy groups -OCH3 is 1. The van der Waals surface area contributed by atoms with E-state index in [1.165, 1.54) is 12.8 Å². The second kappa shape index (κ2) is 16.9. The van der Waals surface area contributed by atoms with E-state index in [2.05, 4.69) is 31.9 Å². The molecule has 59 heavy (non-hydrogen) atoms. The minimum absolute atomic E-state index is 0.300. The normalized spacial score (nSPS) is 17.1. The Kier molecular flexibility index (Phi) is 11.5. The van der Waals surface area contributed by atoms with Gasteiger partial charge in [-0.25, -0.2) is 8.42 Å². The Morgan fingerprint density at radius 3 is 2.29 bits per heavy atom. The molecule has 1 unspecified atom stereocenters. The first-order valence-electron chi connectivity index (χ1n) is 20.4. The van der Waals surface area contributed by atoms with E-state index >= 15 is 0 Å². The summed E-state index contributed by atoms with van der Waals surface area (Å²) in [7, 11) is -0.156. The number of piperazine rings is 1. The predicted molar refractivity (Wildman–Crippen MR) is 229 cm³/mol. The fourth-order valence-electron chi connectivity index (χ4n) is 8.71. The highest BCUT2D eigenvalue weighted by Gasteiger charge is 2.44. The number of carbonyl (C=O) groups excluding carboxylic acids is 2. The van der Waals surface area contributed by atoms with Crippen LogP contribution in [0.15, 0.2) is 85.1 Å². The van der Waals surface area contributed by atoms with Gasteiger partial charge in [0, 0.05) is 69.7 Å². The maximum Gasteiger partial charge on any atom is 0.264 e. The molecule has 0 saturated carbocycles. The number of imide groups is 1. The van der Waals surface area contributed by atoms with Crippen molar-refractivity contribution in [3.05, 3.63) is 102 Å². The van der Waals surface area contributed by atoms with Crippen LogP contribution in [0.25, 0.3) is 10.9 Å². The zero-order valence-electron chi connectivity index (χ0n) is 34.2. The predicted octanol–water partition coefficient (Wildman–Crippen LogP) is 6.58. The van der Waals surface area contributed by atoms with E-state index in [1.54, 1.807) is 24.3 Å². The van der Waals surface area contributed by atoms with E-state index < -0.39 is 33.4 Å². The van der Waals surface area contributed by atoms with Gasteiger partial charge < -0.3 is 24.0 Å². The molecule has 4 aromatic carbocycles. The summed E-state index contributed by atoms with van der Waals surface area (Å²) >= 11 is 0. The molecule has 8 rings (SSSR count). The summed E-state index contributed by atoms with van der Waals surface area (Å²) in [6.45, 7) is 8.75. The number of carbonyl (C=O) groups is 2. The third-order valence-corrected chi connectivity index (χ3v) is 12.8. The number of aromatic nitrogens is 2. The molecule has 3 aliphatic rings. The first kappa shape index (κ1) is 40.2. The number of amides is 2. The van der Waals surface area contributed by atoms with Crippen LogP contribution in [0.1, 0.15) is 58.5 Å². The number of sulfone groups is 1. The molecule has 5 aromatic rings. The minimum atomic E-state index is -3.61. The summed E-state index contributed by atoms with van der Waals surface area (Å²) in [6, 6.07) is 23.7. The molecule has 2 saturated heterocycles. The van der Waals surface area contributed by atoms with Crippen LogP contribution in [0.5, 0.6) is 23.0 Å². The summed E-state index contributed by atoms with van der Waals surface area (Å²) in [4.78, 5) is 36.6. The lowest BCUT2D eigenvalue weighted by molar-refractivity contribution is 0.0597. The van der Waals surface area contributed by atoms with E-state index in [0.717, 1.165) is 104 Å². The Labute approximate surface area is 346 Å². The summed E-state index contributed by atoms with van der Waals surface area (Å²) in [5.41, 5.74) is 4.08. The van der Waals surface area contributed by atoms with Crippen molar-refractivity contribution in [2.45, 2.75) is 32.2 Å². The molecule has 1 atom stereocenters. The maximum absolute atomic E-state index is 14.3. The third-order valence-electron chi connectivity index (χ3n) is 11.9. The largest absolute Gasteiger partial charge is 0.493 e. The summed E-state index contributed by atoms with van der Waals surface area (Å²) in [5.74, 6) is 1.66. The molecule has 1 aromatic heterocycles. The second-order valence-electron chi connectivity index (χ2n) is 15.8. The topological polar surface area (TPSA) is 127 Å². The van der Waals surface area contributed by atoms with Crippen molar-refractivity contribution in [3.8, 4) is 23.0 Å². The molecule has 14 heteroatoms. The third kappa shape index (κ3) is 8.60. The van der Waals surface area contributed by atoms with Gasteiger partial charge >= 0.3 is 0 Å². The van der Waals surface area contributed by atoms with Gasteiger partial charge in [-0.1, -0.05) is 12.1 Å². The van der Waals surface area contributed by atoms with Gasteiger partial charge in [-0.3, -0.25) is 24.1 Å². The van der Waals surface area contributed by atoms with E-state index in [1.807, 2.05) is 67.3 Å². The molecule has 0 aliphatic carbocycles. The van der Waals surface area contributed by atoms with E-state index in [0.29, 0.717) is 40.7 Å². The van der Waals surface area contributed by atoms with E-state index in [9.17, 15) is 18.0 Å². The molecule has 13 nitrogen and oxygen atoms in total. The number of rotatable bonds is 14. The van der Waals surface area contributed by atoms with Gasteiger partial charge in [0.25, 0.3) is 11.8 Å². The Bertz CT molecular complexity index is 2440. The SMILES string of the molecule is CCOc1cc(C(CS(C)(=O)=O)N2C(=O)c3cccc(N4CCC(CCN5CCN(c6ccc(Oc7ccc8cnn(C)c8c7)cc6)CC5)CC4)c3C2=O)ccc1OC. The zero-order chi connectivity index (χ0) is 41.3. The van der Waals surface area contributed by atoms with E-state index in [4.69, 9.17) is 14.2 Å². The van der Waals surface area contributed by atoms with Gasteiger partial charge in [-0.2, -0.15) is 5.10 Å². The molecule has 0 bridgehead atoms. The van der Waals surface area contributed by atoms with Crippen molar-refractivity contribution in [3.63, 3.8) is 0 Å². The molecule has 2 fully saturated rings. The number of ether oxygens (including phenoxy) is 3. The smallest absolute Gasteiger partial charge is 0.264 e. The average Bonchev–Trinajstić information content (AvgIpc) is 3.74. The molecule has 0 N–H and O–H groups in total. The molecule has 2 amide bonds. The van der Waals surface area contributed by atoms with Gasteiger partial charge in [-0.15, -0.1) is 0 Å². The van der Waals surface area contributed by atoms with Crippen LogP contribution in [0, 0.1) is 5.92 Å². The van der Waals surface area contributed by atoms with Gasteiger partial charge in [0.15, 0.2) is 11.5 Å². The van der Waals surface area contributed by atoms with Crippen LogP contribution >= 0.6 is 0 Å². The lowest BCUT2D eigenvalue weighted by Gasteiger charge is -2.38. The van der Waals surface area contributed by atoms with Crippen molar-refractivity contribution in [2.75, 3.05) is 81.3 Å². The number of benzene rings is 4. The molecule has 4 heterocycles. The standard InChI is InChI=1S/C45H52N6O7S/c1-5-57-42-27-32(10-16-41(42)56-3)40(30-59(4,54)55)51-44(52)37-7-6-8-38(43(37)45(51)53)50-21-18-31(19-22-50)17-20-48-23-25-49(26-24-48)34-11-14-35(15-12-34)58-36-13-9-33-29-46-47(2)39(33)28-36/h6-16,27-29,31,40H,5,17-26,30H2,1-4H3. The lowest BCUT2D eigenvalue weighted by atomic mass is 9.92. The summed E-state index contributed by atoms with van der Waals surface area (Å²) in [6.07, 6.45) is 6.06. The lowest BCUT2D eigenvalue weighted by Crippen LogP contribution is -2.47. The number of piperidine rings is 1. The average molecular weight is 821 g/mol. The van der Waals surface area contributed by atoms with Crippen LogP contribution in [0.3, 0.4) is 0 Å². The quantitative estimate of drug-likeness (QED) is 0.113. The fraction of sp³-hybridized carbons (Fsp3) is 0.400. The highest BCUT2D eigenvalue weighted by atomic mass is 32.2. The van der Waals surface area contributed by atoms with Crippen LogP contribution in [-0.2, 0) is 16.9 Å². The Morgan fingerprint density at radius 1 is 0.831 bits per heavy atom. The number of nitrogens with zero attached hydrogens (tertiary/aromatic N) is 6. The first-order valence-corrected chi connectivity index (χ1v) is 22.5. The number of aryl methyl sites for hydroxylation is 1. The van der Waals surface area contributed by atoms with Crippen molar-refractivity contribution in [1.82, 2.24) is 19.6 Å². The molecule has 0 radical (unpaired) electrons. The molecule has 3 aliphatic heterocycles. The van der Waals surface area contributed by atoms with Crippen LogP contribution in [0.4, 0.5) is 11.4 Å². The van der Waals surface area contributed by atoms with Crippen LogP contribution < -0.4 is 24.0 Å². The molecular formula is C45H52N6O7S. The van der Waals surface area contributed by atoms with E-state index in [-0.39, 0.29) is 0 Å². The second-order valence-corrected chi connectivity index (χ2v) is 17.9. The number of anilines is 2. The van der Waals surface area contributed by atoms with Crippen molar-refractivity contribution < 1.29 is 32.2 Å². The van der Waals surface area contributed by atoms with Crippen molar-refractivity contribution >= 4 is 43.9 Å². The number of hydrogen-bond donors (Lipinski definition) is 0. The number of hydrogen-bond acceptors (Lipinski definition) is 11. The van der Waals surface area contributed by atoms with Gasteiger partial charge in [0.05, 0.1) is 54.0 Å². The Hall–Kier alpha value is -5.60. The van der Waals surface area contributed by atoms with Gasteiger partial charge in [0.1, 0.15) is 21.3 Å². The molecular weight excluding hydrogens is 769 g/mol. The minimum Gasteiger partial charge on any atom is -0.493 e.